The number of thiophene rings is 1. The molecule has 0 radical (unpaired) electrons. The Balaban J connectivity index is 2.16. The number of ether oxygens (including phenoxy) is 1. The first kappa shape index (κ1) is 22.7. The number of esters is 1. The molecule has 2 aromatic rings. The molecule has 0 unspecified atom stereocenters. The van der Waals surface area contributed by atoms with E-state index in [4.69, 9.17) is 10.5 Å². The third kappa shape index (κ3) is 3.96. The largest absolute Gasteiger partial charge is 0.465 e. The standard InChI is InChI=1S/C25H36N2O2S/c1-15(2)14-27(17-9-10-18(19(26)13-17)23(28)29-8)22-16(3)20-21(30-22)25(6,7)12-11-24(20,4)5/h9-10,13,15H,11-12,14,26H2,1-8H3. The summed E-state index contributed by atoms with van der Waals surface area (Å²) in [6, 6.07) is 5.67. The summed E-state index contributed by atoms with van der Waals surface area (Å²) >= 11 is 1.93. The minimum atomic E-state index is -0.402. The lowest BCUT2D eigenvalue weighted by Gasteiger charge is -2.39. The van der Waals surface area contributed by atoms with Crippen molar-refractivity contribution in [1.29, 1.82) is 0 Å². The molecular formula is C25H36N2O2S. The van der Waals surface area contributed by atoms with E-state index in [1.807, 2.05) is 23.5 Å². The second-order valence-electron chi connectivity index (χ2n) is 10.3. The molecule has 1 aliphatic rings. The van der Waals surface area contributed by atoms with Gasteiger partial charge in [-0.2, -0.15) is 0 Å². The molecule has 0 saturated heterocycles. The summed E-state index contributed by atoms with van der Waals surface area (Å²) in [7, 11) is 1.38. The Bertz CT molecular complexity index is 956. The number of methoxy groups -OCH3 is 1. The average Bonchev–Trinajstić information content (AvgIpc) is 3.02. The average molecular weight is 429 g/mol. The van der Waals surface area contributed by atoms with Crippen molar-refractivity contribution in [3.8, 4) is 0 Å². The van der Waals surface area contributed by atoms with Crippen LogP contribution in [0.3, 0.4) is 0 Å². The van der Waals surface area contributed by atoms with Crippen LogP contribution in [0.4, 0.5) is 16.4 Å². The summed E-state index contributed by atoms with van der Waals surface area (Å²) in [4.78, 5) is 15.9. The molecule has 1 aromatic heterocycles. The normalized spacial score (nSPS) is 17.0. The molecule has 5 heteroatoms. The molecule has 30 heavy (non-hydrogen) atoms. The lowest BCUT2D eigenvalue weighted by molar-refractivity contribution is 0.0602. The van der Waals surface area contributed by atoms with Gasteiger partial charge in [0, 0.05) is 22.8 Å². The van der Waals surface area contributed by atoms with E-state index in [2.05, 4.69) is 53.4 Å². The van der Waals surface area contributed by atoms with Gasteiger partial charge in [-0.1, -0.05) is 41.5 Å². The topological polar surface area (TPSA) is 55.6 Å². The van der Waals surface area contributed by atoms with Gasteiger partial charge >= 0.3 is 5.97 Å². The summed E-state index contributed by atoms with van der Waals surface area (Å²) in [5, 5.41) is 1.29. The molecule has 0 saturated carbocycles. The van der Waals surface area contributed by atoms with Crippen molar-refractivity contribution in [3.05, 3.63) is 39.8 Å². The van der Waals surface area contributed by atoms with Crippen molar-refractivity contribution >= 4 is 33.7 Å². The van der Waals surface area contributed by atoms with Crippen LogP contribution in [0.5, 0.6) is 0 Å². The zero-order valence-electron chi connectivity index (χ0n) is 19.7. The molecule has 0 aliphatic heterocycles. The van der Waals surface area contributed by atoms with Gasteiger partial charge in [0.25, 0.3) is 0 Å². The predicted octanol–water partition coefficient (Wildman–Crippen LogP) is 6.57. The van der Waals surface area contributed by atoms with E-state index < -0.39 is 5.97 Å². The zero-order valence-corrected chi connectivity index (χ0v) is 20.5. The van der Waals surface area contributed by atoms with E-state index in [1.165, 1.54) is 41.0 Å². The first-order chi connectivity index (χ1) is 13.9. The quantitative estimate of drug-likeness (QED) is 0.432. The van der Waals surface area contributed by atoms with Crippen molar-refractivity contribution in [3.63, 3.8) is 0 Å². The zero-order chi connectivity index (χ0) is 22.4. The number of nitrogens with two attached hydrogens (primary N) is 1. The summed E-state index contributed by atoms with van der Waals surface area (Å²) < 4.78 is 4.86. The van der Waals surface area contributed by atoms with Gasteiger partial charge in [-0.15, -0.1) is 11.3 Å². The van der Waals surface area contributed by atoms with Gasteiger partial charge in [-0.25, -0.2) is 4.79 Å². The number of rotatable bonds is 5. The number of fused-ring (bicyclic) bond motifs is 1. The van der Waals surface area contributed by atoms with Crippen LogP contribution in [-0.4, -0.2) is 19.6 Å². The molecule has 164 valence electrons. The fraction of sp³-hybridized carbons (Fsp3) is 0.560. The number of carbonyl (C=O) groups is 1. The summed E-state index contributed by atoms with van der Waals surface area (Å²) in [5.41, 5.74) is 11.4. The van der Waals surface area contributed by atoms with Crippen LogP contribution in [0, 0.1) is 12.8 Å². The van der Waals surface area contributed by atoms with E-state index in [9.17, 15) is 4.79 Å². The lowest BCUT2D eigenvalue weighted by Crippen LogP contribution is -2.32. The highest BCUT2D eigenvalue weighted by Crippen LogP contribution is 2.54. The molecule has 0 spiro atoms. The van der Waals surface area contributed by atoms with Crippen molar-refractivity contribution < 1.29 is 9.53 Å². The maximum absolute atomic E-state index is 12.0. The van der Waals surface area contributed by atoms with E-state index in [0.29, 0.717) is 17.2 Å². The lowest BCUT2D eigenvalue weighted by atomic mass is 9.66. The molecular weight excluding hydrogens is 392 g/mol. The monoisotopic (exact) mass is 428 g/mol. The molecule has 1 aromatic carbocycles. The Morgan fingerprint density at radius 1 is 1.20 bits per heavy atom. The molecule has 4 nitrogen and oxygen atoms in total. The van der Waals surface area contributed by atoms with E-state index in [-0.39, 0.29) is 10.8 Å². The maximum atomic E-state index is 12.0. The Hall–Kier alpha value is -2.01. The summed E-state index contributed by atoms with van der Waals surface area (Å²) in [6.07, 6.45) is 2.41. The molecule has 3 rings (SSSR count). The second kappa shape index (κ2) is 7.92. The van der Waals surface area contributed by atoms with Crippen LogP contribution in [0.1, 0.15) is 80.7 Å². The highest BCUT2D eigenvalue weighted by molar-refractivity contribution is 7.16. The first-order valence-electron chi connectivity index (χ1n) is 10.8. The van der Waals surface area contributed by atoms with Crippen LogP contribution in [0.25, 0.3) is 0 Å². The van der Waals surface area contributed by atoms with E-state index in [1.54, 1.807) is 6.07 Å². The van der Waals surface area contributed by atoms with Crippen molar-refractivity contribution in [1.82, 2.24) is 0 Å². The maximum Gasteiger partial charge on any atom is 0.339 e. The molecule has 0 atom stereocenters. The van der Waals surface area contributed by atoms with Crippen LogP contribution in [-0.2, 0) is 15.6 Å². The summed E-state index contributed by atoms with van der Waals surface area (Å²) in [5.74, 6) is 0.0757. The van der Waals surface area contributed by atoms with Crippen LogP contribution >= 0.6 is 11.3 Å². The highest BCUT2D eigenvalue weighted by Gasteiger charge is 2.41. The van der Waals surface area contributed by atoms with E-state index >= 15 is 0 Å². The Labute approximate surface area is 185 Å². The Morgan fingerprint density at radius 3 is 2.37 bits per heavy atom. The van der Waals surface area contributed by atoms with Gasteiger partial charge in [0.1, 0.15) is 0 Å². The number of nitrogens with zero attached hydrogens (tertiary/aromatic N) is 1. The third-order valence-electron chi connectivity index (χ3n) is 6.33. The van der Waals surface area contributed by atoms with Gasteiger partial charge in [0.15, 0.2) is 0 Å². The smallest absolute Gasteiger partial charge is 0.339 e. The number of anilines is 3. The molecule has 1 aliphatic carbocycles. The fourth-order valence-electron chi connectivity index (χ4n) is 4.60. The molecule has 0 amide bonds. The number of benzene rings is 1. The van der Waals surface area contributed by atoms with Crippen molar-refractivity contribution in [2.45, 2.75) is 72.1 Å². The molecule has 1 heterocycles. The minimum absolute atomic E-state index is 0.182. The van der Waals surface area contributed by atoms with Crippen molar-refractivity contribution in [2.75, 3.05) is 24.3 Å². The number of hydrogen-bond donors (Lipinski definition) is 1. The summed E-state index contributed by atoms with van der Waals surface area (Å²) in [6.45, 7) is 17.1. The van der Waals surface area contributed by atoms with Crippen LogP contribution in [0.2, 0.25) is 0 Å². The minimum Gasteiger partial charge on any atom is -0.465 e. The number of carbonyl (C=O) groups excluding carboxylic acids is 1. The predicted molar refractivity (Wildman–Crippen MR) is 128 cm³/mol. The fourth-order valence-corrected chi connectivity index (χ4v) is 6.25. The van der Waals surface area contributed by atoms with Crippen LogP contribution < -0.4 is 10.6 Å². The van der Waals surface area contributed by atoms with Gasteiger partial charge < -0.3 is 15.4 Å². The van der Waals surface area contributed by atoms with Crippen molar-refractivity contribution in [2.24, 2.45) is 5.92 Å². The molecule has 0 fully saturated rings. The SMILES string of the molecule is COC(=O)c1ccc(N(CC(C)C)c2sc3c(c2C)C(C)(C)CCC3(C)C)cc1N. The molecule has 2 N–H and O–H groups in total. The van der Waals surface area contributed by atoms with Gasteiger partial charge in [0.2, 0.25) is 0 Å². The molecule has 0 bridgehead atoms. The third-order valence-corrected chi connectivity index (χ3v) is 8.01. The van der Waals surface area contributed by atoms with Gasteiger partial charge in [-0.3, -0.25) is 0 Å². The first-order valence-corrected chi connectivity index (χ1v) is 11.6. The number of hydrogen-bond acceptors (Lipinski definition) is 5. The highest BCUT2D eigenvalue weighted by atomic mass is 32.1. The van der Waals surface area contributed by atoms with E-state index in [0.717, 1.165) is 12.2 Å². The number of nitrogen functional groups attached to an aromatic ring is 1. The van der Waals surface area contributed by atoms with Crippen LogP contribution in [0.15, 0.2) is 18.2 Å². The second-order valence-corrected chi connectivity index (χ2v) is 11.3. The Morgan fingerprint density at radius 2 is 1.83 bits per heavy atom. The Kier molecular flexibility index (Phi) is 5.98. The van der Waals surface area contributed by atoms with Gasteiger partial charge in [0.05, 0.1) is 17.7 Å². The van der Waals surface area contributed by atoms with Gasteiger partial charge in [-0.05, 0) is 65.8 Å².